The Morgan fingerprint density at radius 1 is 0.400 bits per heavy atom. The van der Waals surface area contributed by atoms with Crippen LogP contribution in [0.25, 0.3) is 0 Å². The molecule has 4 aliphatic heterocycles. The summed E-state index contributed by atoms with van der Waals surface area (Å²) in [5.74, 6) is 2.39. The lowest BCUT2D eigenvalue weighted by molar-refractivity contribution is 0.0559. The van der Waals surface area contributed by atoms with Crippen LogP contribution in [0.1, 0.15) is 156 Å². The molecule has 4 heteroatoms. The van der Waals surface area contributed by atoms with E-state index in [9.17, 15) is 0 Å². The number of nitrogens with zero attached hydrogens (tertiary/aromatic N) is 4. The topological polar surface area (TPSA) is 13.0 Å². The number of rotatable bonds is 8. The lowest BCUT2D eigenvalue weighted by Crippen LogP contribution is -2.52. The molecule has 4 heterocycles. The van der Waals surface area contributed by atoms with Crippen LogP contribution in [0, 0.1) is 45.3 Å². The van der Waals surface area contributed by atoms with E-state index in [1.807, 2.05) is 0 Å². The molecule has 4 fully saturated rings. The van der Waals surface area contributed by atoms with Crippen LogP contribution >= 0.6 is 0 Å². The number of piperidine rings is 2. The van der Waals surface area contributed by atoms with Crippen molar-refractivity contribution >= 4 is 0 Å². The van der Waals surface area contributed by atoms with Gasteiger partial charge in [-0.25, -0.2) is 0 Å². The molecule has 0 aliphatic carbocycles. The van der Waals surface area contributed by atoms with Crippen LogP contribution in [0.2, 0.25) is 0 Å². The maximum atomic E-state index is 4.17. The second kappa shape index (κ2) is 19.8. The highest BCUT2D eigenvalue weighted by molar-refractivity contribution is 5.06. The van der Waals surface area contributed by atoms with E-state index in [-0.39, 0.29) is 13.1 Å². The minimum absolute atomic E-state index is 0. The zero-order chi connectivity index (χ0) is 38.1. The van der Waals surface area contributed by atoms with Crippen LogP contribution < -0.4 is 0 Å². The van der Waals surface area contributed by atoms with Gasteiger partial charge in [-0.3, -0.25) is 0 Å². The molecule has 0 radical (unpaired) electrons. The summed E-state index contributed by atoms with van der Waals surface area (Å²) in [6.07, 6.45) is 6.59. The molecule has 0 spiro atoms. The maximum absolute atomic E-state index is 4.17. The molecule has 0 saturated carbocycles. The Morgan fingerprint density at radius 2 is 0.680 bits per heavy atom. The second-order valence-electron chi connectivity index (χ2n) is 20.3. The van der Waals surface area contributed by atoms with Crippen molar-refractivity contribution in [2.45, 2.75) is 150 Å². The highest BCUT2D eigenvalue weighted by Gasteiger charge is 2.35. The summed E-state index contributed by atoms with van der Waals surface area (Å²) < 4.78 is 0. The average molecular weight is 711 g/mol. The fraction of sp³-hybridized carbons (Fsp3) is 0.826. The predicted molar refractivity (Wildman–Crippen MR) is 236 cm³/mol. The van der Waals surface area contributed by atoms with Crippen molar-refractivity contribution in [1.82, 2.24) is 19.6 Å². The summed E-state index contributed by atoms with van der Waals surface area (Å²) in [5, 5.41) is 0. The molecule has 4 rings (SSSR count). The van der Waals surface area contributed by atoms with Gasteiger partial charge in [-0.2, -0.15) is 0 Å². The lowest BCUT2D eigenvalue weighted by Gasteiger charge is -2.49. The Labute approximate surface area is 321 Å². The molecule has 0 amide bonds. The van der Waals surface area contributed by atoms with Crippen LogP contribution in [-0.2, 0) is 0 Å². The molecule has 4 saturated heterocycles. The van der Waals surface area contributed by atoms with Crippen LogP contribution in [0.15, 0.2) is 49.1 Å². The van der Waals surface area contributed by atoms with Crippen molar-refractivity contribution in [2.75, 3.05) is 52.4 Å². The molecule has 0 atom stereocenters. The van der Waals surface area contributed by atoms with Gasteiger partial charge in [0.2, 0.25) is 0 Å². The fourth-order valence-electron chi connectivity index (χ4n) is 7.08. The van der Waals surface area contributed by atoms with E-state index in [0.717, 1.165) is 0 Å². The monoisotopic (exact) mass is 711 g/mol. The van der Waals surface area contributed by atoms with Gasteiger partial charge in [0, 0.05) is 80.9 Å². The second-order valence-corrected chi connectivity index (χ2v) is 20.3. The van der Waals surface area contributed by atoms with E-state index < -0.39 is 0 Å². The molecule has 0 aromatic rings. The van der Waals surface area contributed by atoms with Crippen LogP contribution in [0.5, 0.6) is 0 Å². The Balaban J connectivity index is -0.000000192. The van der Waals surface area contributed by atoms with Crippen molar-refractivity contribution in [3.8, 4) is 0 Å². The number of hydrogen-bond acceptors (Lipinski definition) is 4. The van der Waals surface area contributed by atoms with Crippen LogP contribution in [0.3, 0.4) is 0 Å². The zero-order valence-electron chi connectivity index (χ0n) is 36.1. The summed E-state index contributed by atoms with van der Waals surface area (Å²) >= 11 is 0. The summed E-state index contributed by atoms with van der Waals surface area (Å²) in [6.45, 7) is 62.5. The smallest absolute Gasteiger partial charge is 0.0243 e. The summed E-state index contributed by atoms with van der Waals surface area (Å²) in [4.78, 5) is 9.74. The van der Waals surface area contributed by atoms with E-state index in [2.05, 4.69) is 157 Å². The zero-order valence-corrected chi connectivity index (χ0v) is 36.1. The molecule has 0 aromatic heterocycles. The van der Waals surface area contributed by atoms with Gasteiger partial charge in [0.15, 0.2) is 0 Å². The SMILES string of the molecule is C.C=C(C(C)C)N1CC(C)(C)C1.C=C(C(C)C)N1CCC(C)(C)C1.C=C(C(C)C)N1CCC(C)(C)CC1.C=C(C(C)C)N1CCCC(C)(C)C1.[2HH].[2HH].[2HH].[2HH]. The van der Waals surface area contributed by atoms with Crippen molar-refractivity contribution < 1.29 is 5.71 Å². The van der Waals surface area contributed by atoms with E-state index in [1.165, 1.54) is 107 Å². The lowest BCUT2D eigenvalue weighted by atomic mass is 9.82. The molecule has 0 aromatic carbocycles. The third-order valence-electron chi connectivity index (χ3n) is 11.2. The van der Waals surface area contributed by atoms with E-state index in [1.54, 1.807) is 0 Å². The first-order valence-electron chi connectivity index (χ1n) is 19.9. The van der Waals surface area contributed by atoms with Gasteiger partial charge in [-0.1, -0.05) is 145 Å². The van der Waals surface area contributed by atoms with Crippen LogP contribution in [-0.4, -0.2) is 72.0 Å². The molecule has 4 aliphatic rings. The standard InChI is InChI=1S/2C12H23N.C11H21N.C10H19N.CH4.4H2/c1-10(2)11(3)13-8-6-12(4,5)7-9-13;1-10(2)11(3)13-8-6-7-12(4,5)9-13;1-9(2)10(3)12-7-6-11(4,5)8-12;1-8(2)9(3)11-6-10(4,5)7-11;;;;;/h2*10H,3,6-9H2,1-2,4-5H3;9H,3,6-8H2,1-2,4-5H3;8H,3,6-7H2,1-2,4-5H3;1H4;4*1H/i;;;;;4*1+1. The normalized spacial score (nSPS) is 21.5. The molecular formula is C46H98N4. The fourth-order valence-corrected chi connectivity index (χ4v) is 7.08. The Hall–Kier alpha value is -1.84. The average Bonchev–Trinajstić information content (AvgIpc) is 3.33. The highest BCUT2D eigenvalue weighted by Crippen LogP contribution is 2.35. The molecular weight excluding hydrogens is 609 g/mol. The van der Waals surface area contributed by atoms with Crippen molar-refractivity contribution in [3.05, 3.63) is 49.1 Å². The molecule has 0 N–H and O–H groups in total. The maximum Gasteiger partial charge on any atom is 0.0243 e. The third-order valence-corrected chi connectivity index (χ3v) is 11.2. The van der Waals surface area contributed by atoms with Crippen molar-refractivity contribution in [2.24, 2.45) is 45.3 Å². The number of likely N-dealkylation sites (tertiary alicyclic amines) is 4. The van der Waals surface area contributed by atoms with E-state index in [4.69, 9.17) is 0 Å². The first-order chi connectivity index (χ1) is 22.2. The molecule has 50 heavy (non-hydrogen) atoms. The van der Waals surface area contributed by atoms with Gasteiger partial charge in [0.1, 0.15) is 0 Å². The summed E-state index contributed by atoms with van der Waals surface area (Å²) in [6, 6.07) is 0. The first-order valence-corrected chi connectivity index (χ1v) is 19.9. The molecule has 4 nitrogen and oxygen atoms in total. The number of hydrogen-bond donors (Lipinski definition) is 0. The van der Waals surface area contributed by atoms with E-state index >= 15 is 0 Å². The third kappa shape index (κ3) is 16.7. The molecule has 0 unspecified atom stereocenters. The van der Waals surface area contributed by atoms with Crippen molar-refractivity contribution in [1.29, 1.82) is 0 Å². The summed E-state index contributed by atoms with van der Waals surface area (Å²) in [5.41, 5.74) is 7.28. The largest absolute Gasteiger partial charge is 0.375 e. The minimum Gasteiger partial charge on any atom is -0.375 e. The van der Waals surface area contributed by atoms with Gasteiger partial charge in [-0.15, -0.1) is 0 Å². The predicted octanol–water partition coefficient (Wildman–Crippen LogP) is 13.6. The van der Waals surface area contributed by atoms with Gasteiger partial charge in [0.05, 0.1) is 0 Å². The summed E-state index contributed by atoms with van der Waals surface area (Å²) in [7, 11) is 0. The van der Waals surface area contributed by atoms with Gasteiger partial charge < -0.3 is 19.6 Å². The Bertz CT molecular complexity index is 1070. The first kappa shape index (κ1) is 48.2. The minimum atomic E-state index is 0. The Morgan fingerprint density at radius 3 is 1.02 bits per heavy atom. The quantitative estimate of drug-likeness (QED) is 0.249. The molecule has 0 bridgehead atoms. The Kier molecular flexibility index (Phi) is 19.1. The highest BCUT2D eigenvalue weighted by atomic mass is 15.2. The molecule has 302 valence electrons. The van der Waals surface area contributed by atoms with Crippen molar-refractivity contribution in [3.63, 3.8) is 0 Å². The van der Waals surface area contributed by atoms with Gasteiger partial charge in [-0.05, 0) is 77.4 Å². The van der Waals surface area contributed by atoms with Gasteiger partial charge >= 0.3 is 0 Å². The van der Waals surface area contributed by atoms with Gasteiger partial charge in [0.25, 0.3) is 0 Å². The van der Waals surface area contributed by atoms with Crippen LogP contribution in [0.4, 0.5) is 0 Å². The van der Waals surface area contributed by atoms with E-state index in [0.29, 0.717) is 45.3 Å². The number of allylic oxidation sites excluding steroid dienone is 4.